The normalized spacial score (nSPS) is 40.9. The zero-order chi connectivity index (χ0) is 21.7. The summed E-state index contributed by atoms with van der Waals surface area (Å²) in [4.78, 5) is 39.2. The van der Waals surface area contributed by atoms with E-state index in [1.165, 1.54) is 19.6 Å². The first kappa shape index (κ1) is 21.0. The van der Waals surface area contributed by atoms with Gasteiger partial charge in [0, 0.05) is 11.5 Å². The molecule has 1 aromatic heterocycles. The summed E-state index contributed by atoms with van der Waals surface area (Å²) in [6, 6.07) is 1.73. The number of alkyl halides is 1. The molecular formula is C22H27FO7. The van der Waals surface area contributed by atoms with Crippen molar-refractivity contribution in [2.45, 2.75) is 51.7 Å². The standard InChI is InChI=1S/C22H27FO7/c1-21-6-4-13-20(26)30-16(12-5-7-28-10-12)9-22(13,2)18(21)17(24)15(29-11-23)8-14(21)19(25)27-3/h5,7,10,13-16,18H,4,6,8-9,11H2,1-3H3. The van der Waals surface area contributed by atoms with Gasteiger partial charge in [0.15, 0.2) is 12.6 Å². The number of halogens is 1. The molecule has 1 saturated heterocycles. The Morgan fingerprint density at radius 2 is 2.07 bits per heavy atom. The maximum absolute atomic E-state index is 13.6. The number of methoxy groups -OCH3 is 1. The van der Waals surface area contributed by atoms with Crippen LogP contribution in [0.25, 0.3) is 0 Å². The number of cyclic esters (lactones) is 1. The van der Waals surface area contributed by atoms with Gasteiger partial charge in [-0.1, -0.05) is 13.8 Å². The van der Waals surface area contributed by atoms with Crippen molar-refractivity contribution in [2.75, 3.05) is 14.0 Å². The van der Waals surface area contributed by atoms with Crippen LogP contribution >= 0.6 is 0 Å². The van der Waals surface area contributed by atoms with Gasteiger partial charge in [-0.05, 0) is 42.6 Å². The van der Waals surface area contributed by atoms with Crippen LogP contribution in [0.3, 0.4) is 0 Å². The first-order chi connectivity index (χ1) is 14.3. The lowest BCUT2D eigenvalue weighted by atomic mass is 9.43. The fraction of sp³-hybridized carbons (Fsp3) is 0.682. The molecule has 3 aliphatic rings. The van der Waals surface area contributed by atoms with Crippen molar-refractivity contribution in [3.63, 3.8) is 0 Å². The van der Waals surface area contributed by atoms with Crippen LogP contribution in [0, 0.1) is 28.6 Å². The van der Waals surface area contributed by atoms with E-state index in [4.69, 9.17) is 18.6 Å². The third-order valence-electron chi connectivity index (χ3n) is 7.77. The second-order valence-electron chi connectivity index (χ2n) is 9.20. The number of ketones is 1. The van der Waals surface area contributed by atoms with E-state index in [-0.39, 0.29) is 18.2 Å². The summed E-state index contributed by atoms with van der Waals surface area (Å²) in [5.41, 5.74) is -0.768. The minimum Gasteiger partial charge on any atom is -0.472 e. The number of fused-ring (bicyclic) bond motifs is 3. The van der Waals surface area contributed by atoms with Crippen molar-refractivity contribution in [1.82, 2.24) is 0 Å². The number of ether oxygens (including phenoxy) is 3. The van der Waals surface area contributed by atoms with E-state index in [0.717, 1.165) is 5.56 Å². The molecule has 0 spiro atoms. The minimum atomic E-state index is -1.12. The molecule has 3 fully saturated rings. The van der Waals surface area contributed by atoms with Gasteiger partial charge in [0.2, 0.25) is 0 Å². The van der Waals surface area contributed by atoms with E-state index >= 15 is 0 Å². The number of rotatable bonds is 4. The average Bonchev–Trinajstić information content (AvgIpc) is 3.23. The molecule has 1 aromatic rings. The lowest BCUT2D eigenvalue weighted by molar-refractivity contribution is -0.211. The molecule has 1 aliphatic heterocycles. The van der Waals surface area contributed by atoms with Crippen LogP contribution in [-0.2, 0) is 28.6 Å². The van der Waals surface area contributed by atoms with Gasteiger partial charge in [-0.2, -0.15) is 0 Å². The Bertz CT molecular complexity index is 837. The first-order valence-electron chi connectivity index (χ1n) is 10.3. The summed E-state index contributed by atoms with van der Waals surface area (Å²) >= 11 is 0. The lowest BCUT2D eigenvalue weighted by Gasteiger charge is -2.61. The van der Waals surface area contributed by atoms with Crippen molar-refractivity contribution in [3.8, 4) is 0 Å². The van der Waals surface area contributed by atoms with Gasteiger partial charge in [0.1, 0.15) is 12.2 Å². The monoisotopic (exact) mass is 422 g/mol. The van der Waals surface area contributed by atoms with Crippen molar-refractivity contribution in [3.05, 3.63) is 24.2 Å². The summed E-state index contributed by atoms with van der Waals surface area (Å²) in [7, 11) is 1.31. The van der Waals surface area contributed by atoms with Crippen LogP contribution in [0.4, 0.5) is 4.39 Å². The van der Waals surface area contributed by atoms with Gasteiger partial charge in [-0.25, -0.2) is 4.39 Å². The van der Waals surface area contributed by atoms with Crippen molar-refractivity contribution >= 4 is 17.7 Å². The predicted molar refractivity (Wildman–Crippen MR) is 101 cm³/mol. The van der Waals surface area contributed by atoms with Crippen molar-refractivity contribution < 1.29 is 37.4 Å². The topological polar surface area (TPSA) is 92.0 Å². The summed E-state index contributed by atoms with van der Waals surface area (Å²) in [5, 5.41) is 0. The Hall–Kier alpha value is -2.22. The number of Topliss-reactive ketones (excluding diaryl/α,β-unsaturated/α-hetero) is 1. The average molecular weight is 422 g/mol. The van der Waals surface area contributed by atoms with Crippen molar-refractivity contribution in [2.24, 2.45) is 28.6 Å². The Morgan fingerprint density at radius 3 is 2.70 bits per heavy atom. The molecule has 4 rings (SSSR count). The predicted octanol–water partition coefficient (Wildman–Crippen LogP) is 3.38. The molecule has 164 valence electrons. The molecule has 0 N–H and O–H groups in total. The van der Waals surface area contributed by atoms with E-state index in [2.05, 4.69) is 0 Å². The van der Waals surface area contributed by atoms with Gasteiger partial charge < -0.3 is 18.6 Å². The van der Waals surface area contributed by atoms with E-state index in [0.29, 0.717) is 19.3 Å². The van der Waals surface area contributed by atoms with Crippen LogP contribution in [0.1, 0.15) is 51.2 Å². The zero-order valence-electron chi connectivity index (χ0n) is 17.4. The maximum Gasteiger partial charge on any atom is 0.310 e. The van der Waals surface area contributed by atoms with Crippen LogP contribution in [0.15, 0.2) is 23.0 Å². The summed E-state index contributed by atoms with van der Waals surface area (Å²) in [6.45, 7) is 2.71. The van der Waals surface area contributed by atoms with Gasteiger partial charge in [-0.15, -0.1) is 0 Å². The lowest BCUT2D eigenvalue weighted by Crippen LogP contribution is -2.64. The molecule has 0 aromatic carbocycles. The van der Waals surface area contributed by atoms with Crippen molar-refractivity contribution in [1.29, 1.82) is 0 Å². The van der Waals surface area contributed by atoms with Gasteiger partial charge >= 0.3 is 11.9 Å². The van der Waals surface area contributed by atoms with Gasteiger partial charge in [0.25, 0.3) is 0 Å². The zero-order valence-corrected chi connectivity index (χ0v) is 17.4. The summed E-state index contributed by atoms with van der Waals surface area (Å²) in [6.07, 6.45) is 2.94. The van der Waals surface area contributed by atoms with Crippen LogP contribution in [0.5, 0.6) is 0 Å². The highest BCUT2D eigenvalue weighted by molar-refractivity contribution is 5.92. The SMILES string of the molecule is COC(=O)C1CC(OCF)C(=O)C2C1(C)CCC1C(=O)OC(c3ccoc3)CC12C. The third-order valence-corrected chi connectivity index (χ3v) is 7.77. The molecular weight excluding hydrogens is 395 g/mol. The number of furan rings is 1. The van der Waals surface area contributed by atoms with Crippen LogP contribution in [-0.4, -0.2) is 37.8 Å². The highest BCUT2D eigenvalue weighted by Gasteiger charge is 2.67. The molecule has 2 aliphatic carbocycles. The molecule has 8 heteroatoms. The summed E-state index contributed by atoms with van der Waals surface area (Å²) < 4.78 is 34.0. The molecule has 2 heterocycles. The van der Waals surface area contributed by atoms with E-state index in [1.54, 1.807) is 6.07 Å². The highest BCUT2D eigenvalue weighted by Crippen LogP contribution is 2.65. The van der Waals surface area contributed by atoms with Gasteiger partial charge in [-0.3, -0.25) is 14.4 Å². The Balaban J connectivity index is 1.79. The fourth-order valence-electron chi connectivity index (χ4n) is 6.38. The summed E-state index contributed by atoms with van der Waals surface area (Å²) in [5.74, 6) is -2.80. The number of esters is 2. The highest BCUT2D eigenvalue weighted by atomic mass is 19.1. The minimum absolute atomic E-state index is 0.0821. The molecule has 0 radical (unpaired) electrons. The largest absolute Gasteiger partial charge is 0.472 e. The number of hydrogen-bond donors (Lipinski definition) is 0. The van der Waals surface area contributed by atoms with Gasteiger partial charge in [0.05, 0.1) is 31.5 Å². The second-order valence-corrected chi connectivity index (χ2v) is 9.20. The number of carbonyl (C=O) groups is 3. The maximum atomic E-state index is 13.6. The molecule has 7 atom stereocenters. The number of hydrogen-bond acceptors (Lipinski definition) is 7. The number of carbonyl (C=O) groups excluding carboxylic acids is 3. The van der Waals surface area contributed by atoms with Crippen LogP contribution < -0.4 is 0 Å². The molecule has 2 saturated carbocycles. The first-order valence-corrected chi connectivity index (χ1v) is 10.3. The Morgan fingerprint density at radius 1 is 1.30 bits per heavy atom. The van der Waals surface area contributed by atoms with E-state index in [9.17, 15) is 18.8 Å². The molecule has 30 heavy (non-hydrogen) atoms. The smallest absolute Gasteiger partial charge is 0.310 e. The van der Waals surface area contributed by atoms with Crippen LogP contribution in [0.2, 0.25) is 0 Å². The second kappa shape index (κ2) is 7.48. The third kappa shape index (κ3) is 2.99. The molecule has 0 bridgehead atoms. The quantitative estimate of drug-likeness (QED) is 0.687. The fourth-order valence-corrected chi connectivity index (χ4v) is 6.38. The van der Waals surface area contributed by atoms with E-state index < -0.39 is 53.6 Å². The molecule has 0 amide bonds. The Kier molecular flexibility index (Phi) is 5.24. The van der Waals surface area contributed by atoms with E-state index in [1.807, 2.05) is 13.8 Å². The molecule has 7 nitrogen and oxygen atoms in total. The Labute approximate surface area is 174 Å². The molecule has 7 unspecified atom stereocenters.